The van der Waals surface area contributed by atoms with Crippen LogP contribution in [0.2, 0.25) is 0 Å². The maximum atomic E-state index is 10.9. The molecule has 0 saturated carbocycles. The molecule has 0 spiro atoms. The Kier molecular flexibility index (Phi) is 4.48. The molecule has 0 saturated heterocycles. The van der Waals surface area contributed by atoms with Crippen molar-refractivity contribution in [3.8, 4) is 0 Å². The summed E-state index contributed by atoms with van der Waals surface area (Å²) in [5, 5.41) is 8.93. The van der Waals surface area contributed by atoms with Crippen molar-refractivity contribution in [2.45, 2.75) is 20.0 Å². The largest absolute Gasteiger partial charge is 0.477 e. The maximum Gasteiger partial charge on any atom is 0.354 e. The summed E-state index contributed by atoms with van der Waals surface area (Å²) in [6.07, 6.45) is 1.54. The van der Waals surface area contributed by atoms with E-state index in [2.05, 4.69) is 35.0 Å². The van der Waals surface area contributed by atoms with Crippen LogP contribution in [0.4, 0.5) is 0 Å². The summed E-state index contributed by atoms with van der Waals surface area (Å²) in [6, 6.07) is 11.8. The van der Waals surface area contributed by atoms with Crippen molar-refractivity contribution in [2.24, 2.45) is 0 Å². The number of pyridine rings is 1. The molecule has 0 aliphatic rings. The molecule has 1 aromatic heterocycles. The van der Waals surface area contributed by atoms with Crippen LogP contribution in [-0.2, 0) is 13.1 Å². The predicted molar refractivity (Wildman–Crippen MR) is 77.5 cm³/mol. The average molecular weight is 270 g/mol. The molecule has 1 N–H and O–H groups in total. The van der Waals surface area contributed by atoms with Gasteiger partial charge in [0.2, 0.25) is 0 Å². The summed E-state index contributed by atoms with van der Waals surface area (Å²) >= 11 is 0. The molecule has 0 atom stereocenters. The van der Waals surface area contributed by atoms with E-state index in [0.717, 1.165) is 12.1 Å². The zero-order valence-corrected chi connectivity index (χ0v) is 11.7. The number of aromatic carboxylic acids is 1. The topological polar surface area (TPSA) is 53.4 Å². The van der Waals surface area contributed by atoms with Crippen molar-refractivity contribution in [1.29, 1.82) is 0 Å². The lowest BCUT2D eigenvalue weighted by Crippen LogP contribution is -2.17. The zero-order chi connectivity index (χ0) is 14.5. The average Bonchev–Trinajstić information content (AvgIpc) is 2.38. The SMILES string of the molecule is Cc1cccc(CN(C)Cc2ccnc(C(=O)O)c2)c1. The minimum Gasteiger partial charge on any atom is -0.477 e. The highest BCUT2D eigenvalue weighted by Crippen LogP contribution is 2.10. The molecule has 0 aliphatic heterocycles. The molecule has 4 nitrogen and oxygen atoms in total. The second-order valence-electron chi connectivity index (χ2n) is 5.02. The van der Waals surface area contributed by atoms with E-state index in [1.54, 1.807) is 12.3 Å². The third-order valence-corrected chi connectivity index (χ3v) is 3.03. The molecule has 1 aromatic carbocycles. The Hall–Kier alpha value is -2.20. The van der Waals surface area contributed by atoms with Gasteiger partial charge in [-0.1, -0.05) is 29.8 Å². The van der Waals surface area contributed by atoms with Crippen LogP contribution in [0.5, 0.6) is 0 Å². The molecule has 1 heterocycles. The molecule has 0 bridgehead atoms. The molecular formula is C16H18N2O2. The molecule has 2 rings (SSSR count). The second-order valence-corrected chi connectivity index (χ2v) is 5.02. The molecule has 0 fully saturated rings. The Morgan fingerprint density at radius 2 is 1.90 bits per heavy atom. The molecule has 0 aliphatic carbocycles. The molecule has 0 amide bonds. The Morgan fingerprint density at radius 3 is 2.55 bits per heavy atom. The molecule has 2 aromatic rings. The highest BCUT2D eigenvalue weighted by molar-refractivity contribution is 5.85. The van der Waals surface area contributed by atoms with Gasteiger partial charge in [0.25, 0.3) is 0 Å². The van der Waals surface area contributed by atoms with Crippen molar-refractivity contribution in [3.63, 3.8) is 0 Å². The summed E-state index contributed by atoms with van der Waals surface area (Å²) in [6.45, 7) is 3.59. The zero-order valence-electron chi connectivity index (χ0n) is 11.7. The lowest BCUT2D eigenvalue weighted by atomic mass is 10.1. The van der Waals surface area contributed by atoms with Gasteiger partial charge in [-0.2, -0.15) is 0 Å². The predicted octanol–water partition coefficient (Wildman–Crippen LogP) is 2.72. The van der Waals surface area contributed by atoms with Crippen LogP contribution in [0.3, 0.4) is 0 Å². The van der Waals surface area contributed by atoms with Gasteiger partial charge in [0.05, 0.1) is 0 Å². The number of aryl methyl sites for hydroxylation is 1. The van der Waals surface area contributed by atoms with Crippen molar-refractivity contribution < 1.29 is 9.90 Å². The lowest BCUT2D eigenvalue weighted by molar-refractivity contribution is 0.0690. The second kappa shape index (κ2) is 6.30. The Labute approximate surface area is 118 Å². The normalized spacial score (nSPS) is 10.8. The van der Waals surface area contributed by atoms with Gasteiger partial charge < -0.3 is 5.11 Å². The molecule has 20 heavy (non-hydrogen) atoms. The number of aromatic nitrogens is 1. The summed E-state index contributed by atoms with van der Waals surface area (Å²) in [4.78, 5) is 16.9. The lowest BCUT2D eigenvalue weighted by Gasteiger charge is -2.17. The van der Waals surface area contributed by atoms with Gasteiger partial charge in [-0.05, 0) is 37.2 Å². The fraction of sp³-hybridized carbons (Fsp3) is 0.250. The number of hydrogen-bond donors (Lipinski definition) is 1. The van der Waals surface area contributed by atoms with Crippen LogP contribution in [0.25, 0.3) is 0 Å². The number of rotatable bonds is 5. The summed E-state index contributed by atoms with van der Waals surface area (Å²) in [5.41, 5.74) is 3.53. The van der Waals surface area contributed by atoms with Crippen molar-refractivity contribution in [2.75, 3.05) is 7.05 Å². The van der Waals surface area contributed by atoms with Crippen LogP contribution in [0.15, 0.2) is 42.6 Å². The first-order chi connectivity index (χ1) is 9.54. The van der Waals surface area contributed by atoms with Crippen LogP contribution >= 0.6 is 0 Å². The Morgan fingerprint density at radius 1 is 1.20 bits per heavy atom. The van der Waals surface area contributed by atoms with E-state index < -0.39 is 5.97 Å². The molecule has 0 radical (unpaired) electrons. The standard InChI is InChI=1S/C16H18N2O2/c1-12-4-3-5-13(8-12)10-18(2)11-14-6-7-17-15(9-14)16(19)20/h3-9H,10-11H2,1-2H3,(H,19,20). The summed E-state index contributed by atoms with van der Waals surface area (Å²) in [5.74, 6) is -0.992. The van der Waals surface area contributed by atoms with E-state index in [1.807, 2.05) is 19.2 Å². The van der Waals surface area contributed by atoms with Crippen LogP contribution in [-0.4, -0.2) is 28.0 Å². The van der Waals surface area contributed by atoms with Gasteiger partial charge >= 0.3 is 5.97 Å². The summed E-state index contributed by atoms with van der Waals surface area (Å²) in [7, 11) is 2.02. The molecular weight excluding hydrogens is 252 g/mol. The number of benzene rings is 1. The van der Waals surface area contributed by atoms with E-state index in [0.29, 0.717) is 6.54 Å². The molecule has 104 valence electrons. The number of nitrogens with zero attached hydrogens (tertiary/aromatic N) is 2. The minimum atomic E-state index is -0.992. The first-order valence-corrected chi connectivity index (χ1v) is 6.47. The van der Waals surface area contributed by atoms with Crippen molar-refractivity contribution >= 4 is 5.97 Å². The third kappa shape index (κ3) is 3.90. The fourth-order valence-corrected chi connectivity index (χ4v) is 2.18. The van der Waals surface area contributed by atoms with E-state index in [1.165, 1.54) is 11.1 Å². The molecule has 0 unspecified atom stereocenters. The first kappa shape index (κ1) is 14.2. The highest BCUT2D eigenvalue weighted by atomic mass is 16.4. The van der Waals surface area contributed by atoms with Gasteiger partial charge in [0.1, 0.15) is 5.69 Å². The number of carboxylic acids is 1. The first-order valence-electron chi connectivity index (χ1n) is 6.47. The van der Waals surface area contributed by atoms with Gasteiger partial charge in [0.15, 0.2) is 0 Å². The van der Waals surface area contributed by atoms with Crippen LogP contribution < -0.4 is 0 Å². The number of carbonyl (C=O) groups is 1. The maximum absolute atomic E-state index is 10.9. The van der Waals surface area contributed by atoms with E-state index in [-0.39, 0.29) is 5.69 Å². The van der Waals surface area contributed by atoms with Gasteiger partial charge in [-0.15, -0.1) is 0 Å². The summed E-state index contributed by atoms with van der Waals surface area (Å²) < 4.78 is 0. The van der Waals surface area contributed by atoms with Crippen LogP contribution in [0, 0.1) is 6.92 Å². The Bertz CT molecular complexity index is 611. The highest BCUT2D eigenvalue weighted by Gasteiger charge is 2.07. The van der Waals surface area contributed by atoms with Gasteiger partial charge in [0, 0.05) is 19.3 Å². The van der Waals surface area contributed by atoms with Crippen molar-refractivity contribution in [1.82, 2.24) is 9.88 Å². The van der Waals surface area contributed by atoms with Crippen molar-refractivity contribution in [3.05, 3.63) is 65.0 Å². The number of carboxylic acid groups (broad SMARTS) is 1. The van der Waals surface area contributed by atoms with Crippen LogP contribution in [0.1, 0.15) is 27.2 Å². The fourth-order valence-electron chi connectivity index (χ4n) is 2.18. The Balaban J connectivity index is 2.02. The monoisotopic (exact) mass is 270 g/mol. The van der Waals surface area contributed by atoms with Gasteiger partial charge in [-0.3, -0.25) is 4.90 Å². The van der Waals surface area contributed by atoms with E-state index in [9.17, 15) is 4.79 Å². The quantitative estimate of drug-likeness (QED) is 0.907. The smallest absolute Gasteiger partial charge is 0.354 e. The number of hydrogen-bond acceptors (Lipinski definition) is 3. The third-order valence-electron chi connectivity index (χ3n) is 3.03. The van der Waals surface area contributed by atoms with E-state index >= 15 is 0 Å². The minimum absolute atomic E-state index is 0.0893. The van der Waals surface area contributed by atoms with Gasteiger partial charge in [-0.25, -0.2) is 9.78 Å². The molecule has 4 heteroatoms. The van der Waals surface area contributed by atoms with E-state index in [4.69, 9.17) is 5.11 Å².